The first-order valence-corrected chi connectivity index (χ1v) is 11.5. The number of thioether (sulfide) groups is 1. The molecule has 1 aromatic heterocycles. The van der Waals surface area contributed by atoms with Gasteiger partial charge in [0, 0.05) is 26.1 Å². The Balaban J connectivity index is 1.30. The SMILES string of the molecule is C[C@H](Sc1nnc2n1CCCCC2)C(=O)N1CCC(Cc2ccccc2)CC1. The van der Waals surface area contributed by atoms with E-state index >= 15 is 0 Å². The first kappa shape index (κ1) is 19.5. The number of fused-ring (bicyclic) bond motifs is 1. The predicted octanol–water partition coefficient (Wildman–Crippen LogP) is 3.97. The molecule has 4 rings (SSSR count). The highest BCUT2D eigenvalue weighted by Gasteiger charge is 2.28. The number of piperidine rings is 1. The van der Waals surface area contributed by atoms with Crippen molar-refractivity contribution in [2.45, 2.75) is 68.8 Å². The van der Waals surface area contributed by atoms with Crippen LogP contribution in [-0.4, -0.2) is 43.9 Å². The summed E-state index contributed by atoms with van der Waals surface area (Å²) >= 11 is 1.58. The van der Waals surface area contributed by atoms with Gasteiger partial charge in [-0.05, 0) is 50.5 Å². The Morgan fingerprint density at radius 1 is 1.11 bits per heavy atom. The van der Waals surface area contributed by atoms with Crippen LogP contribution in [0.3, 0.4) is 0 Å². The molecule has 0 aliphatic carbocycles. The van der Waals surface area contributed by atoms with E-state index in [2.05, 4.69) is 50.0 Å². The normalized spacial score (nSPS) is 19.1. The minimum Gasteiger partial charge on any atom is -0.342 e. The van der Waals surface area contributed by atoms with Crippen LogP contribution < -0.4 is 0 Å². The molecular weight excluding hydrogens is 368 g/mol. The molecule has 1 aromatic carbocycles. The molecule has 0 unspecified atom stereocenters. The Morgan fingerprint density at radius 2 is 1.89 bits per heavy atom. The van der Waals surface area contributed by atoms with Crippen molar-refractivity contribution in [2.75, 3.05) is 13.1 Å². The first-order valence-electron chi connectivity index (χ1n) is 10.6. The van der Waals surface area contributed by atoms with E-state index in [1.807, 2.05) is 6.92 Å². The molecule has 2 aromatic rings. The van der Waals surface area contributed by atoms with Gasteiger partial charge >= 0.3 is 0 Å². The quantitative estimate of drug-likeness (QED) is 0.715. The number of aryl methyl sites for hydroxylation is 1. The monoisotopic (exact) mass is 398 g/mol. The Bertz CT molecular complexity index is 783. The van der Waals surface area contributed by atoms with Gasteiger partial charge in [-0.3, -0.25) is 4.79 Å². The van der Waals surface area contributed by atoms with Gasteiger partial charge < -0.3 is 9.47 Å². The zero-order valence-electron chi connectivity index (χ0n) is 16.7. The summed E-state index contributed by atoms with van der Waals surface area (Å²) in [5.74, 6) is 2.01. The van der Waals surface area contributed by atoms with Crippen molar-refractivity contribution < 1.29 is 4.79 Å². The largest absolute Gasteiger partial charge is 0.342 e. The molecule has 150 valence electrons. The average molecular weight is 399 g/mol. The second-order valence-corrected chi connectivity index (χ2v) is 9.39. The number of hydrogen-bond acceptors (Lipinski definition) is 4. The van der Waals surface area contributed by atoms with Gasteiger partial charge in [0.15, 0.2) is 5.16 Å². The number of aromatic nitrogens is 3. The summed E-state index contributed by atoms with van der Waals surface area (Å²) in [6.45, 7) is 4.75. The lowest BCUT2D eigenvalue weighted by Crippen LogP contribution is -2.42. The fourth-order valence-corrected chi connectivity index (χ4v) is 5.29. The van der Waals surface area contributed by atoms with E-state index in [1.54, 1.807) is 11.8 Å². The van der Waals surface area contributed by atoms with Crippen molar-refractivity contribution in [1.82, 2.24) is 19.7 Å². The Labute approximate surface area is 171 Å². The van der Waals surface area contributed by atoms with Crippen LogP contribution in [0.25, 0.3) is 0 Å². The Kier molecular flexibility index (Phi) is 6.35. The number of rotatable bonds is 5. The highest BCUT2D eigenvalue weighted by atomic mass is 32.2. The molecule has 2 aliphatic heterocycles. The number of hydrogen-bond donors (Lipinski definition) is 0. The van der Waals surface area contributed by atoms with Crippen LogP contribution in [0.15, 0.2) is 35.5 Å². The van der Waals surface area contributed by atoms with Crippen molar-refractivity contribution in [2.24, 2.45) is 5.92 Å². The molecule has 3 heterocycles. The summed E-state index contributed by atoms with van der Waals surface area (Å²) in [7, 11) is 0. The third kappa shape index (κ3) is 4.59. The maximum atomic E-state index is 13.0. The smallest absolute Gasteiger partial charge is 0.235 e. The zero-order chi connectivity index (χ0) is 19.3. The molecule has 6 heteroatoms. The van der Waals surface area contributed by atoms with E-state index in [0.29, 0.717) is 5.92 Å². The second-order valence-electron chi connectivity index (χ2n) is 8.08. The molecule has 28 heavy (non-hydrogen) atoms. The van der Waals surface area contributed by atoms with E-state index in [-0.39, 0.29) is 11.2 Å². The minimum atomic E-state index is -0.109. The first-order chi connectivity index (χ1) is 13.7. The Hall–Kier alpha value is -1.82. The minimum absolute atomic E-state index is 0.109. The molecule has 1 atom stereocenters. The summed E-state index contributed by atoms with van der Waals surface area (Å²) in [4.78, 5) is 15.0. The van der Waals surface area contributed by atoms with E-state index in [1.165, 1.54) is 24.8 Å². The van der Waals surface area contributed by atoms with E-state index in [9.17, 15) is 4.79 Å². The molecule has 2 aliphatic rings. The number of benzene rings is 1. The fourth-order valence-electron chi connectivity index (χ4n) is 4.32. The molecule has 0 bridgehead atoms. The van der Waals surface area contributed by atoms with Crippen LogP contribution in [0.4, 0.5) is 0 Å². The highest BCUT2D eigenvalue weighted by Crippen LogP contribution is 2.28. The molecular formula is C22H30N4OS. The van der Waals surface area contributed by atoms with Crippen LogP contribution in [-0.2, 0) is 24.2 Å². The van der Waals surface area contributed by atoms with Crippen LogP contribution in [0.1, 0.15) is 50.4 Å². The molecule has 5 nitrogen and oxygen atoms in total. The number of carbonyl (C=O) groups is 1. The van der Waals surface area contributed by atoms with Gasteiger partial charge in [-0.25, -0.2) is 0 Å². The molecule has 0 saturated carbocycles. The summed E-state index contributed by atoms with van der Waals surface area (Å²) in [6.07, 6.45) is 7.94. The third-order valence-corrected chi connectivity index (χ3v) is 7.07. The van der Waals surface area contributed by atoms with E-state index in [4.69, 9.17) is 0 Å². The topological polar surface area (TPSA) is 51.0 Å². The van der Waals surface area contributed by atoms with E-state index in [0.717, 1.165) is 56.3 Å². The van der Waals surface area contributed by atoms with Crippen LogP contribution in [0, 0.1) is 5.92 Å². The molecule has 0 radical (unpaired) electrons. The average Bonchev–Trinajstić information content (AvgIpc) is 2.95. The molecule has 0 spiro atoms. The maximum Gasteiger partial charge on any atom is 0.235 e. The highest BCUT2D eigenvalue weighted by molar-refractivity contribution is 8.00. The van der Waals surface area contributed by atoms with Crippen molar-refractivity contribution >= 4 is 17.7 Å². The number of nitrogens with zero attached hydrogens (tertiary/aromatic N) is 4. The number of likely N-dealkylation sites (tertiary alicyclic amines) is 1. The molecule has 1 saturated heterocycles. The lowest BCUT2D eigenvalue weighted by Gasteiger charge is -2.33. The van der Waals surface area contributed by atoms with Gasteiger partial charge in [-0.15, -0.1) is 10.2 Å². The number of amides is 1. The van der Waals surface area contributed by atoms with Gasteiger partial charge in [0.2, 0.25) is 5.91 Å². The summed E-state index contributed by atoms with van der Waals surface area (Å²) in [5.41, 5.74) is 1.41. The van der Waals surface area contributed by atoms with Crippen LogP contribution in [0.5, 0.6) is 0 Å². The van der Waals surface area contributed by atoms with Crippen LogP contribution in [0.2, 0.25) is 0 Å². The van der Waals surface area contributed by atoms with Crippen molar-refractivity contribution in [1.29, 1.82) is 0 Å². The summed E-state index contributed by atoms with van der Waals surface area (Å²) in [5, 5.41) is 9.53. The van der Waals surface area contributed by atoms with Crippen molar-refractivity contribution in [3.05, 3.63) is 41.7 Å². The van der Waals surface area contributed by atoms with Gasteiger partial charge in [0.25, 0.3) is 0 Å². The summed E-state index contributed by atoms with van der Waals surface area (Å²) in [6, 6.07) is 10.7. The lowest BCUT2D eigenvalue weighted by atomic mass is 9.90. The van der Waals surface area contributed by atoms with Gasteiger partial charge in [-0.1, -0.05) is 48.5 Å². The van der Waals surface area contributed by atoms with Crippen LogP contribution >= 0.6 is 11.8 Å². The van der Waals surface area contributed by atoms with Crippen molar-refractivity contribution in [3.8, 4) is 0 Å². The fraction of sp³-hybridized carbons (Fsp3) is 0.591. The Morgan fingerprint density at radius 3 is 2.68 bits per heavy atom. The van der Waals surface area contributed by atoms with Crippen molar-refractivity contribution in [3.63, 3.8) is 0 Å². The standard InChI is InChI=1S/C22H30N4OS/c1-17(28-22-24-23-20-10-6-3-7-13-26(20)22)21(27)25-14-11-19(12-15-25)16-18-8-4-2-5-9-18/h2,4-5,8-9,17,19H,3,6-7,10-16H2,1H3/t17-/m0/s1. The summed E-state index contributed by atoms with van der Waals surface area (Å²) < 4.78 is 2.23. The molecule has 1 fully saturated rings. The third-order valence-electron chi connectivity index (χ3n) is 6.00. The number of carbonyl (C=O) groups excluding carboxylic acids is 1. The lowest BCUT2D eigenvalue weighted by molar-refractivity contribution is -0.131. The zero-order valence-corrected chi connectivity index (χ0v) is 17.5. The molecule has 1 amide bonds. The van der Waals surface area contributed by atoms with Gasteiger partial charge in [0.05, 0.1) is 5.25 Å². The maximum absolute atomic E-state index is 13.0. The second kappa shape index (κ2) is 9.12. The van der Waals surface area contributed by atoms with Gasteiger partial charge in [0.1, 0.15) is 5.82 Å². The molecule has 0 N–H and O–H groups in total. The van der Waals surface area contributed by atoms with Gasteiger partial charge in [-0.2, -0.15) is 0 Å². The van der Waals surface area contributed by atoms with E-state index < -0.39 is 0 Å². The predicted molar refractivity (Wildman–Crippen MR) is 112 cm³/mol.